The number of hydrogen-bond acceptors (Lipinski definition) is 13. The zero-order chi connectivity index (χ0) is 81.7. The number of nitrogens with one attached hydrogen (secondary N) is 3. The number of alkyl halides is 1. The molecule has 4 aliphatic heterocycles. The molecule has 0 aliphatic carbocycles. The van der Waals surface area contributed by atoms with Crippen molar-refractivity contribution in [2.75, 3.05) is 94.3 Å². The number of carbonyl (C=O) groups excluding carboxylic acids is 2. The molecule has 0 aromatic carbocycles. The van der Waals surface area contributed by atoms with Gasteiger partial charge in [-0.05, 0) is 280 Å². The van der Waals surface area contributed by atoms with Crippen LogP contribution in [0.1, 0.15) is 145 Å². The standard InChI is InChI=1S/C25H31BrN4O3.C17H20BrN3O.C17H21BrN2O3.C16H17BrN2O.C8H10ClN2O.CH3F.Na.H2O/c1-5-29(19-6-8-33-9-7-19)25-17(4)21(12-20-11-18(26)14-30(20)25)23(31)27-13-22-15(2)10-16(3)28-24(22)32;1-4-20(14-5-7-22-8-6-14)17-12(2)16(19-3)10-15-9-13(18)11-21(15)17;1-3-19(14-4-6-22-7-5-14)17-12(2)16(23-11-21)9-15-8-13(18)10-20(15)17;1-11-15(18-2)9-14-8-13(17)10-19(14)16(11)7-12-3-5-20-6-4-12;1-5-3-6(2)11-8(12)7(5)4-10-9;1-2;;/h10-12,14,19H,5-9,13H2,1-4H3,(H,27,31)(H,28,32);9-11,14H,4-8H2,1-2H3;8-11,14H,3-7H2,1-2H3;8-10,12H,3-7H2,1H3;3H,4H2,1-2H3,(H,11,12);1H3;;1H2/q;;;;-1;;+1;/p-1/i;;;;;1D;;. The average molecular weight is 1850 g/mol. The van der Waals surface area contributed by atoms with Crippen molar-refractivity contribution < 1.29 is 74.1 Å². The van der Waals surface area contributed by atoms with Crippen molar-refractivity contribution in [3.8, 4) is 5.75 Å². The van der Waals surface area contributed by atoms with Crippen molar-refractivity contribution in [1.29, 1.82) is 0 Å². The van der Waals surface area contributed by atoms with Gasteiger partial charge in [-0.2, -0.15) is 0 Å². The zero-order valence-electron chi connectivity index (χ0n) is 68.1. The quantitative estimate of drug-likeness (QED) is 0.0412. The Kier molecular flexibility index (Phi) is 36.7. The topological polar surface area (TPSA) is 238 Å². The molecule has 0 saturated carbocycles. The zero-order valence-corrected chi connectivity index (χ0v) is 76.2. The van der Waals surface area contributed by atoms with Crippen LogP contribution < -0.4 is 65.4 Å². The monoisotopic (exact) mass is 1850 g/mol. The molecule has 4 N–H and O–H groups in total. The smallest absolute Gasteiger partial charge is 0.870 e. The first kappa shape index (κ1) is 92.7. The van der Waals surface area contributed by atoms with Crippen LogP contribution in [-0.4, -0.2) is 143 Å². The molecule has 608 valence electrons. The molecule has 0 radical (unpaired) electrons. The van der Waals surface area contributed by atoms with Gasteiger partial charge in [0.25, 0.3) is 17.9 Å². The van der Waals surface area contributed by atoms with Gasteiger partial charge < -0.3 is 81.6 Å². The Balaban J connectivity index is 0.000000202. The molecule has 0 bridgehead atoms. The summed E-state index contributed by atoms with van der Waals surface area (Å²) in [6.45, 7) is 47.0. The summed E-state index contributed by atoms with van der Waals surface area (Å²) in [6.07, 6.45) is 17.6. The van der Waals surface area contributed by atoms with Crippen LogP contribution >= 0.6 is 75.5 Å². The Morgan fingerprint density at radius 2 is 0.956 bits per heavy atom. The van der Waals surface area contributed by atoms with Crippen LogP contribution in [0.2, 0.25) is 0 Å². The fraction of sp³-hybridized carbons (Fsp3) is 0.452. The van der Waals surface area contributed by atoms with Crippen LogP contribution in [0.15, 0.2) is 113 Å². The summed E-state index contributed by atoms with van der Waals surface area (Å²) in [5.74, 6) is 4.34. The van der Waals surface area contributed by atoms with Crippen molar-refractivity contribution in [2.45, 2.75) is 165 Å². The summed E-state index contributed by atoms with van der Waals surface area (Å²) in [6, 6.07) is 21.0. The number of H-pyrrole nitrogens is 2. The van der Waals surface area contributed by atoms with Crippen molar-refractivity contribution in [2.24, 2.45) is 5.92 Å². The molecule has 4 fully saturated rings. The van der Waals surface area contributed by atoms with Gasteiger partial charge in [0.2, 0.25) is 5.56 Å². The maximum Gasteiger partial charge on any atom is 1.00 e. The maximum absolute atomic E-state index is 13.3. The first-order valence-corrected chi connectivity index (χ1v) is 41.4. The third kappa shape index (κ3) is 23.1. The number of aromatic amines is 2. The predicted octanol–water partition coefficient (Wildman–Crippen LogP) is 16.3. The molecule has 1 amide bonds. The first-order chi connectivity index (χ1) is 54.3. The second-order valence-corrected chi connectivity index (χ2v) is 32.2. The number of rotatable bonds is 18. The molecular formula is C84H103Br4ClFN13NaO10-. The summed E-state index contributed by atoms with van der Waals surface area (Å²) in [4.78, 5) is 71.4. The van der Waals surface area contributed by atoms with E-state index in [-0.39, 0.29) is 65.1 Å². The molecular weight excluding hydrogens is 1750 g/mol. The average Bonchev–Trinajstić information content (AvgIpc) is 1.68. The van der Waals surface area contributed by atoms with E-state index in [4.69, 9.17) is 50.0 Å². The van der Waals surface area contributed by atoms with Gasteiger partial charge in [0, 0.05) is 207 Å². The normalized spacial score (nSPS) is 14.6. The fourth-order valence-corrected chi connectivity index (χ4v) is 17.5. The van der Waals surface area contributed by atoms with Crippen LogP contribution in [0.3, 0.4) is 0 Å². The number of fused-ring (bicyclic) bond motifs is 4. The van der Waals surface area contributed by atoms with Gasteiger partial charge in [-0.3, -0.25) is 35.3 Å². The number of nitrogens with zero attached hydrogens (tertiary/aromatic N) is 10. The number of halogens is 6. The van der Waals surface area contributed by atoms with Crippen molar-refractivity contribution in [1.82, 2.24) is 32.9 Å². The van der Waals surface area contributed by atoms with Gasteiger partial charge in [0.1, 0.15) is 23.2 Å². The molecule has 14 heterocycles. The number of aromatic nitrogens is 6. The summed E-state index contributed by atoms with van der Waals surface area (Å²) >= 11 is 19.4. The maximum atomic E-state index is 13.3. The number of ether oxygens (including phenoxy) is 5. The molecule has 10 aromatic rings. The SMILES string of the molecule is CCN(c1c(C)c(C(=O)NCc2c(C)cc(C)[nH]c2=O)cc2cc(Br)cn12)C1CCOCC1.CCN(c1c(C)c(OC=O)cc2cc(Br)cn12)C1CCOCC1.Cc1cc(C)c(C[N-]Cl)c(=O)[nH]1.[2H]CF.[C-]#[N+]c1cc2cc(Br)cn2c(CC2CCOCC2)c1C.[C-]#[N+]c1cc2cc(Br)cn2c(N(CC)C2CCOCC2)c1C.[Na+].[OH-]. The Morgan fingerprint density at radius 1 is 0.588 bits per heavy atom. The summed E-state index contributed by atoms with van der Waals surface area (Å²) in [7, 11) is -1.00. The van der Waals surface area contributed by atoms with E-state index in [1.54, 1.807) is 0 Å². The van der Waals surface area contributed by atoms with E-state index in [0.29, 0.717) is 53.0 Å². The molecule has 4 aliphatic rings. The number of aryl methyl sites for hydroxylation is 4. The molecule has 30 heteroatoms. The van der Waals surface area contributed by atoms with Crippen LogP contribution in [0.5, 0.6) is 5.75 Å². The molecule has 14 rings (SSSR count). The van der Waals surface area contributed by atoms with E-state index in [1.807, 2.05) is 90.1 Å². The molecule has 0 atom stereocenters. The van der Waals surface area contributed by atoms with Crippen LogP contribution in [0.25, 0.3) is 36.6 Å². The third-order valence-corrected chi connectivity index (χ3v) is 23.1. The fourth-order valence-electron chi connectivity index (χ4n) is 15.6. The van der Waals surface area contributed by atoms with E-state index in [9.17, 15) is 23.6 Å². The van der Waals surface area contributed by atoms with Crippen LogP contribution in [0.4, 0.5) is 33.2 Å². The Bertz CT molecular complexity index is 5150. The van der Waals surface area contributed by atoms with Gasteiger partial charge in [-0.15, -0.1) is 6.54 Å². The summed E-state index contributed by atoms with van der Waals surface area (Å²) < 4.78 is 55.6. The number of carbonyl (C=O) groups is 2. The minimum Gasteiger partial charge on any atom is -0.870 e. The van der Waals surface area contributed by atoms with Gasteiger partial charge in [-0.1, -0.05) is 0 Å². The Labute approximate surface area is 729 Å². The van der Waals surface area contributed by atoms with Crippen molar-refractivity contribution in [3.05, 3.63) is 219 Å². The summed E-state index contributed by atoms with van der Waals surface area (Å²) in [5, 5.41) is 2.97. The van der Waals surface area contributed by atoms with Crippen molar-refractivity contribution in [3.63, 3.8) is 0 Å². The van der Waals surface area contributed by atoms with Crippen molar-refractivity contribution >= 4 is 139 Å². The van der Waals surface area contributed by atoms with Crippen LogP contribution in [-0.2, 0) is 43.3 Å². The van der Waals surface area contributed by atoms with E-state index < -0.39 is 7.15 Å². The van der Waals surface area contributed by atoms with Crippen LogP contribution in [0, 0.1) is 74.5 Å². The Morgan fingerprint density at radius 3 is 1.36 bits per heavy atom. The minimum absolute atomic E-state index is 0. The second-order valence-electron chi connectivity index (χ2n) is 28.3. The third-order valence-electron chi connectivity index (χ3n) is 21.2. The molecule has 0 spiro atoms. The predicted molar refractivity (Wildman–Crippen MR) is 463 cm³/mol. The van der Waals surface area contributed by atoms with E-state index in [1.165, 1.54) is 5.69 Å². The van der Waals surface area contributed by atoms with E-state index in [2.05, 4.69) is 197 Å². The number of amides is 1. The van der Waals surface area contributed by atoms with Gasteiger partial charge in [0.05, 0.1) is 27.2 Å². The molecule has 0 unspecified atom stereocenters. The second kappa shape index (κ2) is 45.2. The van der Waals surface area contributed by atoms with Gasteiger partial charge in [-0.25, -0.2) is 9.69 Å². The molecule has 4 saturated heterocycles. The van der Waals surface area contributed by atoms with E-state index >= 15 is 0 Å². The number of anilines is 3. The molecule has 114 heavy (non-hydrogen) atoms. The largest absolute Gasteiger partial charge is 1.00 e. The molecule has 23 nitrogen and oxygen atoms in total. The summed E-state index contributed by atoms with van der Waals surface area (Å²) in [5.41, 5.74) is 16.0. The minimum atomic E-state index is -1.00. The molecule has 10 aromatic heterocycles. The number of pyridine rings is 6. The Hall–Kier alpha value is -6.84. The van der Waals surface area contributed by atoms with E-state index in [0.717, 1.165) is 244 Å². The number of hydrogen-bond donors (Lipinski definition) is 3. The first-order valence-electron chi connectivity index (χ1n) is 38.6. The van der Waals surface area contributed by atoms with Gasteiger partial charge >= 0.3 is 29.6 Å². The van der Waals surface area contributed by atoms with Gasteiger partial charge in [0.15, 0.2) is 11.4 Å².